The molecule has 5 N–H and O–H groups in total. The molecule has 18 heavy (non-hydrogen) atoms. The van der Waals surface area contributed by atoms with E-state index in [1.54, 1.807) is 0 Å². The molecule has 8 nitrogen and oxygen atoms in total. The predicted molar refractivity (Wildman–Crippen MR) is 66.5 cm³/mol. The number of sulfonamides is 1. The fraction of sp³-hybridized carbons (Fsp3) is 0.333. The van der Waals surface area contributed by atoms with Gasteiger partial charge in [0.1, 0.15) is 5.82 Å². The fourth-order valence-electron chi connectivity index (χ4n) is 1.21. The molecule has 0 saturated carbocycles. The summed E-state index contributed by atoms with van der Waals surface area (Å²) in [6.07, 6.45) is 1.36. The van der Waals surface area contributed by atoms with Gasteiger partial charge in [0.25, 0.3) is 0 Å². The number of methoxy groups -OCH3 is 1. The van der Waals surface area contributed by atoms with E-state index in [4.69, 9.17) is 10.9 Å². The number of nitrogens with one attached hydrogen (secondary N) is 1. The maximum atomic E-state index is 11.3. The first kappa shape index (κ1) is 14.2. The number of esters is 1. The van der Waals surface area contributed by atoms with Crippen LogP contribution in [0, 0.1) is 0 Å². The summed E-state index contributed by atoms with van der Waals surface area (Å²) in [5, 5.41) is 7.53. The highest BCUT2D eigenvalue weighted by Crippen LogP contribution is 2.20. The van der Waals surface area contributed by atoms with Crippen molar-refractivity contribution in [3.63, 3.8) is 0 Å². The van der Waals surface area contributed by atoms with E-state index in [1.807, 2.05) is 0 Å². The molecule has 0 radical (unpaired) electrons. The van der Waals surface area contributed by atoms with Crippen LogP contribution in [-0.2, 0) is 14.8 Å². The number of primary sulfonamides is 1. The Morgan fingerprint density at radius 3 is 2.78 bits per heavy atom. The predicted octanol–water partition coefficient (Wildman–Crippen LogP) is -0.849. The molecule has 0 aliphatic carbocycles. The molecule has 1 aromatic heterocycles. The summed E-state index contributed by atoms with van der Waals surface area (Å²) in [5.41, 5.74) is 5.96. The van der Waals surface area contributed by atoms with E-state index in [2.05, 4.69) is 15.0 Å². The van der Waals surface area contributed by atoms with Gasteiger partial charge in [-0.05, 0) is 6.07 Å². The minimum Gasteiger partial charge on any atom is -0.465 e. The van der Waals surface area contributed by atoms with Gasteiger partial charge in [-0.3, -0.25) is 0 Å². The van der Waals surface area contributed by atoms with E-state index >= 15 is 0 Å². The van der Waals surface area contributed by atoms with Crippen molar-refractivity contribution in [1.82, 2.24) is 4.98 Å². The van der Waals surface area contributed by atoms with Gasteiger partial charge in [-0.25, -0.2) is 23.3 Å². The van der Waals surface area contributed by atoms with Crippen molar-refractivity contribution >= 4 is 27.5 Å². The van der Waals surface area contributed by atoms with Crippen LogP contribution in [0.2, 0.25) is 0 Å². The summed E-state index contributed by atoms with van der Waals surface area (Å²) < 4.78 is 26.0. The Labute approximate surface area is 104 Å². The summed E-state index contributed by atoms with van der Waals surface area (Å²) in [5.74, 6) is -0.651. The molecule has 0 aliphatic rings. The second-order valence-electron chi connectivity index (χ2n) is 3.41. The number of carbonyl (C=O) groups excluding carboxylic acids is 1. The molecule has 0 unspecified atom stereocenters. The van der Waals surface area contributed by atoms with Gasteiger partial charge in [0.15, 0.2) is 0 Å². The van der Waals surface area contributed by atoms with Gasteiger partial charge in [-0.15, -0.1) is 0 Å². The second kappa shape index (κ2) is 5.65. The van der Waals surface area contributed by atoms with E-state index in [0.29, 0.717) is 0 Å². The molecule has 1 aromatic rings. The Balaban J connectivity index is 2.81. The molecule has 0 aromatic carbocycles. The van der Waals surface area contributed by atoms with Crippen LogP contribution in [0.25, 0.3) is 0 Å². The van der Waals surface area contributed by atoms with Crippen LogP contribution >= 0.6 is 0 Å². The standard InChI is InChI=1S/C9H14N4O4S/c1-17-9(14)6-2-3-12-8(7(6)10)13-4-5-18(11,15)16/h2-3H,4-5,10H2,1H3,(H,12,13)(H2,11,15,16). The summed E-state index contributed by atoms with van der Waals surface area (Å²) >= 11 is 0. The van der Waals surface area contributed by atoms with Gasteiger partial charge in [-0.1, -0.05) is 0 Å². The maximum Gasteiger partial charge on any atom is 0.340 e. The third kappa shape index (κ3) is 3.86. The van der Waals surface area contributed by atoms with Gasteiger partial charge in [0.2, 0.25) is 10.0 Å². The van der Waals surface area contributed by atoms with E-state index in [1.165, 1.54) is 19.4 Å². The highest BCUT2D eigenvalue weighted by atomic mass is 32.2. The van der Waals surface area contributed by atoms with E-state index in [9.17, 15) is 13.2 Å². The van der Waals surface area contributed by atoms with Crippen molar-refractivity contribution in [3.05, 3.63) is 17.8 Å². The molecule has 100 valence electrons. The second-order valence-corrected chi connectivity index (χ2v) is 5.14. The first-order chi connectivity index (χ1) is 8.35. The molecule has 9 heteroatoms. The molecular formula is C9H14N4O4S. The van der Waals surface area contributed by atoms with Crippen LogP contribution in [0.3, 0.4) is 0 Å². The third-order valence-corrected chi connectivity index (χ3v) is 2.85. The summed E-state index contributed by atoms with van der Waals surface area (Å²) in [6.45, 7) is 0.0423. The number of pyridine rings is 1. The van der Waals surface area contributed by atoms with Crippen LogP contribution in [0.5, 0.6) is 0 Å². The summed E-state index contributed by atoms with van der Waals surface area (Å²) in [4.78, 5) is 15.2. The molecule has 0 spiro atoms. The molecular weight excluding hydrogens is 260 g/mol. The van der Waals surface area contributed by atoms with Gasteiger partial charge < -0.3 is 15.8 Å². The molecule has 0 amide bonds. The lowest BCUT2D eigenvalue weighted by Crippen LogP contribution is -2.23. The van der Waals surface area contributed by atoms with Crippen molar-refractivity contribution in [2.75, 3.05) is 30.5 Å². The number of nitrogens with two attached hydrogens (primary N) is 2. The number of aromatic nitrogens is 1. The summed E-state index contributed by atoms with van der Waals surface area (Å²) in [7, 11) is -2.33. The smallest absolute Gasteiger partial charge is 0.340 e. The summed E-state index contributed by atoms with van der Waals surface area (Å²) in [6, 6.07) is 1.41. The van der Waals surface area contributed by atoms with Crippen LogP contribution < -0.4 is 16.2 Å². The average Bonchev–Trinajstić information content (AvgIpc) is 2.29. The SMILES string of the molecule is COC(=O)c1ccnc(NCCS(N)(=O)=O)c1N. The van der Waals surface area contributed by atoms with Gasteiger partial charge in [0.05, 0.1) is 24.1 Å². The Bertz CT molecular complexity index is 543. The number of ether oxygens (including phenoxy) is 1. The number of rotatable bonds is 5. The number of carbonyl (C=O) groups is 1. The number of nitrogens with zero attached hydrogens (tertiary/aromatic N) is 1. The molecule has 0 fully saturated rings. The molecule has 0 atom stereocenters. The third-order valence-electron chi connectivity index (χ3n) is 2.07. The largest absolute Gasteiger partial charge is 0.465 e. The number of anilines is 2. The monoisotopic (exact) mass is 274 g/mol. The van der Waals surface area contributed by atoms with Gasteiger partial charge in [-0.2, -0.15) is 0 Å². The van der Waals surface area contributed by atoms with Gasteiger partial charge in [0, 0.05) is 12.7 Å². The lowest BCUT2D eigenvalue weighted by molar-refractivity contribution is 0.0602. The van der Waals surface area contributed by atoms with Crippen molar-refractivity contribution in [1.29, 1.82) is 0 Å². The Morgan fingerprint density at radius 1 is 1.56 bits per heavy atom. The number of hydrogen-bond donors (Lipinski definition) is 3. The Morgan fingerprint density at radius 2 is 2.22 bits per heavy atom. The Kier molecular flexibility index (Phi) is 4.45. The van der Waals surface area contributed by atoms with Crippen LogP contribution in [0.15, 0.2) is 12.3 Å². The zero-order valence-electron chi connectivity index (χ0n) is 9.71. The first-order valence-corrected chi connectivity index (χ1v) is 6.64. The molecule has 1 heterocycles. The van der Waals surface area contributed by atoms with E-state index in [-0.39, 0.29) is 29.4 Å². The van der Waals surface area contributed by atoms with Crippen molar-refractivity contribution in [2.24, 2.45) is 5.14 Å². The van der Waals surface area contributed by atoms with Crippen LogP contribution in [0.4, 0.5) is 11.5 Å². The lowest BCUT2D eigenvalue weighted by atomic mass is 10.2. The van der Waals surface area contributed by atoms with Crippen LogP contribution in [0.1, 0.15) is 10.4 Å². The topological polar surface area (TPSA) is 137 Å². The average molecular weight is 274 g/mol. The zero-order chi connectivity index (χ0) is 13.8. The van der Waals surface area contributed by atoms with Crippen molar-refractivity contribution in [2.45, 2.75) is 0 Å². The quantitative estimate of drug-likeness (QED) is 0.594. The fourth-order valence-corrected chi connectivity index (χ4v) is 1.60. The Hall–Kier alpha value is -1.87. The number of nitrogen functional groups attached to an aromatic ring is 1. The highest BCUT2D eigenvalue weighted by molar-refractivity contribution is 7.89. The van der Waals surface area contributed by atoms with E-state index < -0.39 is 16.0 Å². The lowest BCUT2D eigenvalue weighted by Gasteiger charge is -2.10. The molecule has 1 rings (SSSR count). The number of hydrogen-bond acceptors (Lipinski definition) is 7. The maximum absolute atomic E-state index is 11.3. The van der Waals surface area contributed by atoms with E-state index in [0.717, 1.165) is 0 Å². The zero-order valence-corrected chi connectivity index (χ0v) is 10.5. The van der Waals surface area contributed by atoms with Gasteiger partial charge >= 0.3 is 5.97 Å². The molecule has 0 aliphatic heterocycles. The first-order valence-electron chi connectivity index (χ1n) is 4.92. The molecule has 0 bridgehead atoms. The van der Waals surface area contributed by atoms with Crippen LogP contribution in [-0.4, -0.2) is 38.8 Å². The normalized spacial score (nSPS) is 11.0. The van der Waals surface area contributed by atoms with Crippen molar-refractivity contribution < 1.29 is 17.9 Å². The minimum atomic E-state index is -3.56. The minimum absolute atomic E-state index is 0.0423. The van der Waals surface area contributed by atoms with Crippen molar-refractivity contribution in [3.8, 4) is 0 Å². The highest BCUT2D eigenvalue weighted by Gasteiger charge is 2.13. The molecule has 0 saturated heterocycles.